The Bertz CT molecular complexity index is 583. The van der Waals surface area contributed by atoms with Gasteiger partial charge in [0, 0.05) is 13.7 Å². The number of nitrogens with two attached hydrogens (primary N) is 1. The van der Waals surface area contributed by atoms with E-state index in [-0.39, 0.29) is 0 Å². The molecule has 3 heterocycles. The fourth-order valence-electron chi connectivity index (χ4n) is 2.27. The van der Waals surface area contributed by atoms with Crippen LogP contribution in [0.5, 0.6) is 0 Å². The van der Waals surface area contributed by atoms with Gasteiger partial charge < -0.3 is 15.0 Å². The number of hydrogen-bond acceptors (Lipinski definition) is 6. The first-order valence-electron chi connectivity index (χ1n) is 6.36. The molecule has 0 radical (unpaired) electrons. The van der Waals surface area contributed by atoms with Crippen LogP contribution in [0.4, 0.5) is 5.82 Å². The number of nitrogens with zero attached hydrogens (tertiary/aromatic N) is 4. The van der Waals surface area contributed by atoms with E-state index in [1.165, 1.54) is 0 Å². The molecule has 1 unspecified atom stereocenters. The molecular formula is C12H17N5O2. The van der Waals surface area contributed by atoms with E-state index in [0.29, 0.717) is 23.1 Å². The molecule has 0 aromatic carbocycles. The summed E-state index contributed by atoms with van der Waals surface area (Å²) in [5, 5.41) is 8.10. The van der Waals surface area contributed by atoms with Crippen molar-refractivity contribution in [3.05, 3.63) is 12.0 Å². The third-order valence-corrected chi connectivity index (χ3v) is 3.58. The normalized spacial score (nSPS) is 23.7. The van der Waals surface area contributed by atoms with Gasteiger partial charge in [-0.15, -0.1) is 0 Å². The van der Waals surface area contributed by atoms with Gasteiger partial charge in [0.2, 0.25) is 5.82 Å². The predicted molar refractivity (Wildman–Crippen MR) is 68.1 cm³/mol. The van der Waals surface area contributed by atoms with E-state index < -0.39 is 5.60 Å². The molecule has 0 amide bonds. The van der Waals surface area contributed by atoms with Crippen LogP contribution in [0.3, 0.4) is 0 Å². The highest BCUT2D eigenvalue weighted by Gasteiger charge is 2.35. The summed E-state index contributed by atoms with van der Waals surface area (Å²) in [4.78, 5) is 4.41. The smallest absolute Gasteiger partial charge is 0.263 e. The second kappa shape index (κ2) is 4.34. The lowest BCUT2D eigenvalue weighted by Crippen LogP contribution is -2.31. The summed E-state index contributed by atoms with van der Waals surface area (Å²) in [5.41, 5.74) is 6.09. The van der Waals surface area contributed by atoms with E-state index in [4.69, 9.17) is 15.0 Å². The van der Waals surface area contributed by atoms with Gasteiger partial charge in [-0.2, -0.15) is 10.1 Å². The summed E-state index contributed by atoms with van der Waals surface area (Å²) < 4.78 is 12.7. The maximum Gasteiger partial charge on any atom is 0.263 e. The van der Waals surface area contributed by atoms with Crippen molar-refractivity contribution in [2.75, 3.05) is 12.3 Å². The Hall–Kier alpha value is -1.89. The van der Waals surface area contributed by atoms with Gasteiger partial charge in [0.25, 0.3) is 5.89 Å². The minimum atomic E-state index is -0.461. The monoisotopic (exact) mass is 263 g/mol. The average Bonchev–Trinajstić information content (AvgIpc) is 3.00. The molecule has 0 spiro atoms. The van der Waals surface area contributed by atoms with Gasteiger partial charge in [-0.05, 0) is 26.2 Å². The molecule has 19 heavy (non-hydrogen) atoms. The molecule has 2 aromatic heterocycles. The topological polar surface area (TPSA) is 92.0 Å². The lowest BCUT2D eigenvalue weighted by molar-refractivity contribution is -0.0770. The fourth-order valence-corrected chi connectivity index (χ4v) is 2.27. The molecule has 1 fully saturated rings. The van der Waals surface area contributed by atoms with Crippen molar-refractivity contribution in [3.63, 3.8) is 0 Å². The molecule has 2 N–H and O–H groups in total. The van der Waals surface area contributed by atoms with E-state index in [9.17, 15) is 0 Å². The fraction of sp³-hybridized carbons (Fsp3) is 0.583. The van der Waals surface area contributed by atoms with Crippen LogP contribution in [-0.2, 0) is 17.4 Å². The highest BCUT2D eigenvalue weighted by Crippen LogP contribution is 2.34. The first-order chi connectivity index (χ1) is 9.10. The van der Waals surface area contributed by atoms with Crippen LogP contribution < -0.4 is 5.73 Å². The van der Waals surface area contributed by atoms with Gasteiger partial charge in [-0.25, -0.2) is 0 Å². The summed E-state index contributed by atoms with van der Waals surface area (Å²) in [7, 11) is 1.77. The molecule has 1 saturated heterocycles. The van der Waals surface area contributed by atoms with Gasteiger partial charge >= 0.3 is 0 Å². The zero-order valence-corrected chi connectivity index (χ0v) is 11.1. The van der Waals surface area contributed by atoms with Crippen molar-refractivity contribution in [1.29, 1.82) is 0 Å². The van der Waals surface area contributed by atoms with Gasteiger partial charge in [-0.3, -0.25) is 4.68 Å². The van der Waals surface area contributed by atoms with E-state index >= 15 is 0 Å². The Balaban J connectivity index is 1.93. The third-order valence-electron chi connectivity index (χ3n) is 3.58. The van der Waals surface area contributed by atoms with Gasteiger partial charge in [0.15, 0.2) is 0 Å². The molecule has 7 nitrogen and oxygen atoms in total. The molecule has 0 aliphatic carbocycles. The number of aryl methyl sites for hydroxylation is 1. The summed E-state index contributed by atoms with van der Waals surface area (Å²) in [5.74, 6) is 1.46. The van der Waals surface area contributed by atoms with Crippen LogP contribution in [-0.4, -0.2) is 26.5 Å². The number of hydrogen-bond donors (Lipinski definition) is 1. The molecule has 7 heteroatoms. The summed E-state index contributed by atoms with van der Waals surface area (Å²) in [6.45, 7) is 2.72. The highest BCUT2D eigenvalue weighted by molar-refractivity contribution is 5.66. The van der Waals surface area contributed by atoms with Crippen molar-refractivity contribution in [2.24, 2.45) is 7.05 Å². The number of aromatic nitrogens is 4. The predicted octanol–water partition coefficient (Wildman–Crippen LogP) is 1.47. The minimum Gasteiger partial charge on any atom is -0.383 e. The van der Waals surface area contributed by atoms with Crippen LogP contribution >= 0.6 is 0 Å². The van der Waals surface area contributed by atoms with Crippen LogP contribution in [0.25, 0.3) is 11.5 Å². The summed E-state index contributed by atoms with van der Waals surface area (Å²) in [6.07, 6.45) is 4.70. The first kappa shape index (κ1) is 12.2. The molecule has 2 aromatic rings. The van der Waals surface area contributed by atoms with Gasteiger partial charge in [0.1, 0.15) is 17.0 Å². The maximum atomic E-state index is 5.90. The Labute approximate surface area is 110 Å². The lowest BCUT2D eigenvalue weighted by atomic mass is 9.95. The SMILES string of the molecule is Cn1ncc(-c2nc(C3(C)CCCCO3)no2)c1N. The molecule has 102 valence electrons. The van der Waals surface area contributed by atoms with Crippen LogP contribution in [0.1, 0.15) is 32.0 Å². The van der Waals surface area contributed by atoms with E-state index in [0.717, 1.165) is 25.9 Å². The minimum absolute atomic E-state index is 0.385. The van der Waals surface area contributed by atoms with Crippen LogP contribution in [0.15, 0.2) is 10.7 Å². The summed E-state index contributed by atoms with van der Waals surface area (Å²) >= 11 is 0. The number of anilines is 1. The molecular weight excluding hydrogens is 246 g/mol. The van der Waals surface area contributed by atoms with Crippen LogP contribution in [0, 0.1) is 0 Å². The molecule has 0 saturated carbocycles. The average molecular weight is 263 g/mol. The quantitative estimate of drug-likeness (QED) is 0.882. The molecule has 3 rings (SSSR count). The van der Waals surface area contributed by atoms with Crippen molar-refractivity contribution in [3.8, 4) is 11.5 Å². The zero-order chi connectivity index (χ0) is 13.5. The zero-order valence-electron chi connectivity index (χ0n) is 11.1. The maximum absolute atomic E-state index is 5.90. The highest BCUT2D eigenvalue weighted by atomic mass is 16.5. The molecule has 1 aliphatic rings. The van der Waals surface area contributed by atoms with Crippen molar-refractivity contribution in [2.45, 2.75) is 31.8 Å². The second-order valence-electron chi connectivity index (χ2n) is 5.03. The van der Waals surface area contributed by atoms with Crippen LogP contribution in [0.2, 0.25) is 0 Å². The Morgan fingerprint density at radius 2 is 2.26 bits per heavy atom. The van der Waals surface area contributed by atoms with Crippen molar-refractivity contribution in [1.82, 2.24) is 19.9 Å². The summed E-state index contributed by atoms with van der Waals surface area (Å²) in [6, 6.07) is 0. The third kappa shape index (κ3) is 1.99. The van der Waals surface area contributed by atoms with E-state index in [1.807, 2.05) is 6.92 Å². The number of ether oxygens (including phenoxy) is 1. The Kier molecular flexibility index (Phi) is 2.78. The molecule has 0 bridgehead atoms. The van der Waals surface area contributed by atoms with E-state index in [2.05, 4.69) is 15.2 Å². The Morgan fingerprint density at radius 1 is 1.42 bits per heavy atom. The van der Waals surface area contributed by atoms with Crippen molar-refractivity contribution < 1.29 is 9.26 Å². The van der Waals surface area contributed by atoms with Crippen molar-refractivity contribution >= 4 is 5.82 Å². The number of rotatable bonds is 2. The molecule has 1 aliphatic heterocycles. The van der Waals surface area contributed by atoms with E-state index in [1.54, 1.807) is 17.9 Å². The standard InChI is InChI=1S/C12H17N5O2/c1-12(5-3-4-6-18-12)11-15-10(19-16-11)8-7-14-17(2)9(8)13/h7H,3-6,13H2,1-2H3. The Morgan fingerprint density at radius 3 is 2.89 bits per heavy atom. The first-order valence-corrected chi connectivity index (χ1v) is 6.36. The van der Waals surface area contributed by atoms with Gasteiger partial charge in [-0.1, -0.05) is 5.16 Å². The van der Waals surface area contributed by atoms with Gasteiger partial charge in [0.05, 0.1) is 6.20 Å². The second-order valence-corrected chi connectivity index (χ2v) is 5.03. The number of nitrogen functional groups attached to an aromatic ring is 1. The largest absolute Gasteiger partial charge is 0.383 e. The lowest BCUT2D eigenvalue weighted by Gasteiger charge is -2.30. The molecule has 1 atom stereocenters.